The van der Waals surface area contributed by atoms with Crippen LogP contribution in [0.5, 0.6) is 0 Å². The minimum atomic E-state index is -4.45. The zero-order valence-corrected chi connectivity index (χ0v) is 27.5. The Morgan fingerprint density at radius 2 is 1.78 bits per heavy atom. The van der Waals surface area contributed by atoms with E-state index in [-0.39, 0.29) is 29.6 Å². The van der Waals surface area contributed by atoms with Gasteiger partial charge < -0.3 is 5.11 Å². The summed E-state index contributed by atoms with van der Waals surface area (Å²) in [6.45, 7) is 13.1. The monoisotopic (exact) mass is 618 g/mol. The summed E-state index contributed by atoms with van der Waals surface area (Å²) < 4.78 is 40.2. The summed E-state index contributed by atoms with van der Waals surface area (Å²) in [5.41, 5.74) is 11.1. The highest BCUT2D eigenvalue weighted by atomic mass is 19.4. The van der Waals surface area contributed by atoms with Gasteiger partial charge in [-0.25, -0.2) is 0 Å². The van der Waals surface area contributed by atoms with Crippen LogP contribution in [0.1, 0.15) is 105 Å². The molecule has 242 valence electrons. The number of rotatable bonds is 8. The molecule has 0 heterocycles. The van der Waals surface area contributed by atoms with Crippen LogP contribution in [0.25, 0.3) is 0 Å². The van der Waals surface area contributed by atoms with Crippen LogP contribution in [0.15, 0.2) is 81.0 Å². The first-order chi connectivity index (χ1) is 21.2. The summed E-state index contributed by atoms with van der Waals surface area (Å²) in [6, 6.07) is 0. The van der Waals surface area contributed by atoms with Crippen molar-refractivity contribution in [3.8, 4) is 0 Å². The van der Waals surface area contributed by atoms with Crippen molar-refractivity contribution in [1.29, 1.82) is 0 Å². The van der Waals surface area contributed by atoms with Gasteiger partial charge in [0.2, 0.25) is 0 Å². The summed E-state index contributed by atoms with van der Waals surface area (Å²) in [6.07, 6.45) is 11.5. The number of hydrogen-bond donors (Lipinski definition) is 1. The van der Waals surface area contributed by atoms with Crippen molar-refractivity contribution in [2.75, 3.05) is 0 Å². The Bertz CT molecular complexity index is 1500. The van der Waals surface area contributed by atoms with E-state index in [0.717, 1.165) is 63.9 Å². The number of alkyl halides is 3. The van der Waals surface area contributed by atoms with Crippen molar-refractivity contribution in [3.63, 3.8) is 0 Å². The van der Waals surface area contributed by atoms with Crippen molar-refractivity contribution in [2.24, 2.45) is 40.9 Å². The summed E-state index contributed by atoms with van der Waals surface area (Å²) in [4.78, 5) is 12.5. The average molecular weight is 619 g/mol. The average Bonchev–Trinajstić information content (AvgIpc) is 3.24. The molecule has 4 unspecified atom stereocenters. The van der Waals surface area contributed by atoms with Crippen LogP contribution in [0.3, 0.4) is 0 Å². The smallest absolute Gasteiger partial charge is 0.385 e. The van der Waals surface area contributed by atoms with Crippen LogP contribution in [0.2, 0.25) is 0 Å². The molecule has 4 saturated carbocycles. The van der Waals surface area contributed by atoms with Gasteiger partial charge in [-0.15, -0.1) is 0 Å². The molecule has 4 fully saturated rings. The second-order valence-electron chi connectivity index (χ2n) is 15.8. The number of allylic oxidation sites excluding steroid dienone is 12. The fourth-order valence-electron chi connectivity index (χ4n) is 10.8. The molecule has 0 spiro atoms. The molecule has 5 atom stereocenters. The summed E-state index contributed by atoms with van der Waals surface area (Å²) >= 11 is 0. The largest absolute Gasteiger partial charge is 0.409 e. The Hall–Kier alpha value is -2.40. The zero-order valence-electron chi connectivity index (χ0n) is 27.5. The molecule has 0 aliphatic heterocycles. The van der Waals surface area contributed by atoms with Crippen LogP contribution in [-0.4, -0.2) is 22.7 Å². The van der Waals surface area contributed by atoms with E-state index >= 15 is 0 Å². The predicted octanol–water partition coefficient (Wildman–Crippen LogP) is 10.2. The molecule has 0 aromatic heterocycles. The molecule has 45 heavy (non-hydrogen) atoms. The first-order valence-corrected chi connectivity index (χ1v) is 17.5. The van der Waals surface area contributed by atoms with Crippen molar-refractivity contribution in [3.05, 3.63) is 81.0 Å². The maximum atomic E-state index is 13.4. The second kappa shape index (κ2) is 10.8. The van der Waals surface area contributed by atoms with E-state index in [1.165, 1.54) is 27.9 Å². The third-order valence-corrected chi connectivity index (χ3v) is 13.4. The van der Waals surface area contributed by atoms with Crippen LogP contribution < -0.4 is 0 Å². The number of fused-ring (bicyclic) bond motifs is 4. The molecular weight excluding hydrogens is 569 g/mol. The van der Waals surface area contributed by atoms with Gasteiger partial charge in [-0.1, -0.05) is 79.4 Å². The van der Waals surface area contributed by atoms with Gasteiger partial charge in [0.1, 0.15) is 0 Å². The highest BCUT2D eigenvalue weighted by molar-refractivity contribution is 5.93. The number of hydrogen-bond acceptors (Lipinski definition) is 2. The maximum Gasteiger partial charge on any atom is 0.409 e. The molecule has 10 aliphatic rings. The van der Waals surface area contributed by atoms with Crippen molar-refractivity contribution >= 4 is 5.78 Å². The minimum Gasteiger partial charge on any atom is -0.385 e. The molecule has 10 rings (SSSR count). The summed E-state index contributed by atoms with van der Waals surface area (Å²) in [5, 5.41) is 12.0. The van der Waals surface area contributed by atoms with Gasteiger partial charge in [0.05, 0.1) is 5.60 Å². The van der Waals surface area contributed by atoms with E-state index < -0.39 is 17.2 Å². The molecule has 0 aromatic rings. The van der Waals surface area contributed by atoms with Gasteiger partial charge in [-0.3, -0.25) is 4.79 Å². The van der Waals surface area contributed by atoms with E-state index in [9.17, 15) is 23.1 Å². The zero-order chi connectivity index (χ0) is 32.1. The SMILES string of the molecule is C=C(CC)CC/C(=C\C1C2=C3CC(=C1C2)C3C1C[C@@]2(C)C(CCC2(O)/C=C/C(F)(F)F)C2CCC3=CC(=O)CCC3=C12)C(C)C. The molecule has 2 nitrogen and oxygen atoms in total. The molecule has 0 saturated heterocycles. The number of halogens is 3. The molecule has 1 N–H and O–H groups in total. The maximum absolute atomic E-state index is 13.4. The Balaban J connectivity index is 1.28. The fraction of sp³-hybridized carbons (Fsp3) is 0.625. The van der Waals surface area contributed by atoms with Crippen LogP contribution in [-0.2, 0) is 4.79 Å². The standard InChI is InChI=1S/C40H49F3O2/c1-6-23(4)7-8-24(22(2)3)18-29-30-19-31(29)33-20-32(30)37(33)34-21-38(5)35(13-14-39(38,45)15-16-40(41,42)43)28-11-9-25-17-26(44)10-12-27(25)36(28)34/h15-18,22,28-29,34-35,37,45H,4,6-14,19-21H2,1-3,5H3/b16-15+,24-18+/t28?,29?,34?,35?,37?,38-,39?/m0/s1. The van der Waals surface area contributed by atoms with Gasteiger partial charge in [0.15, 0.2) is 5.78 Å². The van der Waals surface area contributed by atoms with E-state index in [1.54, 1.807) is 22.3 Å². The van der Waals surface area contributed by atoms with Crippen LogP contribution >= 0.6 is 0 Å². The van der Waals surface area contributed by atoms with Crippen molar-refractivity contribution in [2.45, 2.75) is 117 Å². The quantitative estimate of drug-likeness (QED) is 0.275. The van der Waals surface area contributed by atoms with Crippen molar-refractivity contribution in [1.82, 2.24) is 0 Å². The lowest BCUT2D eigenvalue weighted by Crippen LogP contribution is -2.54. The Labute approximate surface area is 267 Å². The summed E-state index contributed by atoms with van der Waals surface area (Å²) in [7, 11) is 0. The van der Waals surface area contributed by atoms with Gasteiger partial charge in [-0.05, 0) is 118 Å². The van der Waals surface area contributed by atoms with Gasteiger partial charge >= 0.3 is 6.18 Å². The van der Waals surface area contributed by atoms with E-state index in [4.69, 9.17) is 0 Å². The second-order valence-corrected chi connectivity index (χ2v) is 15.8. The van der Waals surface area contributed by atoms with Gasteiger partial charge in [-0.2, -0.15) is 13.2 Å². The Morgan fingerprint density at radius 1 is 1.07 bits per heavy atom. The normalized spacial score (nSPS) is 37.4. The number of ketones is 1. The highest BCUT2D eigenvalue weighted by Gasteiger charge is 2.64. The van der Waals surface area contributed by atoms with Crippen LogP contribution in [0.4, 0.5) is 13.2 Å². The fourth-order valence-corrected chi connectivity index (χ4v) is 10.8. The van der Waals surface area contributed by atoms with E-state index in [0.29, 0.717) is 37.0 Å². The minimum absolute atomic E-state index is 0.144. The number of carbonyl (C=O) groups is 1. The van der Waals surface area contributed by atoms with Crippen molar-refractivity contribution < 1.29 is 23.1 Å². The molecule has 0 aromatic carbocycles. The van der Waals surface area contributed by atoms with Crippen LogP contribution in [0, 0.1) is 40.9 Å². The van der Waals surface area contributed by atoms with E-state index in [1.807, 2.05) is 6.08 Å². The van der Waals surface area contributed by atoms with Gasteiger partial charge in [0.25, 0.3) is 0 Å². The Kier molecular flexibility index (Phi) is 7.51. The molecule has 0 amide bonds. The molecule has 4 bridgehead atoms. The highest BCUT2D eigenvalue weighted by Crippen LogP contribution is 2.71. The summed E-state index contributed by atoms with van der Waals surface area (Å²) in [5.74, 6) is 2.02. The lowest BCUT2D eigenvalue weighted by Gasteiger charge is -2.61. The third-order valence-electron chi connectivity index (χ3n) is 13.4. The molecule has 10 aliphatic carbocycles. The number of aliphatic hydroxyl groups is 1. The Morgan fingerprint density at radius 3 is 2.44 bits per heavy atom. The lowest BCUT2D eigenvalue weighted by molar-refractivity contribution is -0.114. The molecule has 5 heteroatoms. The van der Waals surface area contributed by atoms with Gasteiger partial charge in [0, 0.05) is 29.7 Å². The first kappa shape index (κ1) is 31.2. The molecule has 0 radical (unpaired) electrons. The third kappa shape index (κ3) is 4.88. The predicted molar refractivity (Wildman–Crippen MR) is 173 cm³/mol. The lowest BCUT2D eigenvalue weighted by atomic mass is 9.43. The van der Waals surface area contributed by atoms with E-state index in [2.05, 4.69) is 40.3 Å². The first-order valence-electron chi connectivity index (χ1n) is 17.5. The number of carbonyl (C=O) groups excluding carboxylic acids is 1. The topological polar surface area (TPSA) is 37.3 Å². The molecular formula is C40H49F3O2.